The molecule has 0 saturated heterocycles. The zero-order chi connectivity index (χ0) is 11.5. The Morgan fingerprint density at radius 3 is 3.00 bits per heavy atom. The summed E-state index contributed by atoms with van der Waals surface area (Å²) in [7, 11) is 0. The molecule has 1 aromatic heterocycles. The Morgan fingerprint density at radius 1 is 1.44 bits per heavy atom. The number of hydrogen-bond donors (Lipinski definition) is 3. The summed E-state index contributed by atoms with van der Waals surface area (Å²) in [5, 5.41) is 18.9. The van der Waals surface area contributed by atoms with E-state index in [4.69, 9.17) is 10.8 Å². The maximum atomic E-state index is 9.75. The molecule has 0 spiro atoms. The van der Waals surface area contributed by atoms with Crippen LogP contribution in [0.25, 0.3) is 10.2 Å². The monoisotopic (exact) mass is 256 g/mol. The molecule has 0 aliphatic rings. The third-order valence-corrected chi connectivity index (χ3v) is 3.93. The van der Waals surface area contributed by atoms with Crippen molar-refractivity contribution in [3.8, 4) is 5.75 Å². The third kappa shape index (κ3) is 2.40. The number of hydrogen-bond acceptors (Lipinski definition) is 6. The van der Waals surface area contributed by atoms with E-state index in [1.165, 1.54) is 11.3 Å². The highest BCUT2D eigenvalue weighted by molar-refractivity contribution is 7.99. The summed E-state index contributed by atoms with van der Waals surface area (Å²) < 4.78 is 0.893. The number of nitrogens with zero attached hydrogens (tertiary/aromatic N) is 1. The van der Waals surface area contributed by atoms with Gasteiger partial charge in [0.15, 0.2) is 5.13 Å². The Kier molecular flexibility index (Phi) is 3.52. The smallest absolute Gasteiger partial charge is 0.181 e. The van der Waals surface area contributed by atoms with Crippen LogP contribution in [0.15, 0.2) is 17.0 Å². The van der Waals surface area contributed by atoms with Gasteiger partial charge in [0.1, 0.15) is 11.3 Å². The Bertz CT molecular complexity index is 499. The van der Waals surface area contributed by atoms with Gasteiger partial charge in [-0.25, -0.2) is 4.98 Å². The summed E-state index contributed by atoms with van der Waals surface area (Å²) in [6.45, 7) is 0.189. The van der Waals surface area contributed by atoms with E-state index in [1.807, 2.05) is 6.07 Å². The number of anilines is 1. The van der Waals surface area contributed by atoms with E-state index in [0.717, 1.165) is 21.8 Å². The van der Waals surface area contributed by atoms with E-state index in [2.05, 4.69) is 4.98 Å². The molecule has 4 N–H and O–H groups in total. The van der Waals surface area contributed by atoms with Crippen molar-refractivity contribution in [3.05, 3.63) is 12.1 Å². The molecule has 0 saturated carbocycles. The summed E-state index contributed by atoms with van der Waals surface area (Å²) in [6.07, 6.45) is 0.744. The van der Waals surface area contributed by atoms with Crippen LogP contribution in [-0.2, 0) is 0 Å². The molecule has 0 aliphatic carbocycles. The average Bonchev–Trinajstić information content (AvgIpc) is 2.60. The highest BCUT2D eigenvalue weighted by Crippen LogP contribution is 2.35. The molecule has 86 valence electrons. The number of aliphatic hydroxyl groups is 1. The Labute approximate surface area is 101 Å². The molecule has 2 rings (SSSR count). The predicted molar refractivity (Wildman–Crippen MR) is 68.1 cm³/mol. The first-order valence-corrected chi connectivity index (χ1v) is 6.63. The van der Waals surface area contributed by atoms with E-state index in [0.29, 0.717) is 10.6 Å². The Morgan fingerprint density at radius 2 is 2.25 bits per heavy atom. The molecule has 6 heteroatoms. The number of aromatic hydroxyl groups is 1. The molecule has 0 amide bonds. The lowest BCUT2D eigenvalue weighted by molar-refractivity contribution is 0.296. The van der Waals surface area contributed by atoms with Crippen molar-refractivity contribution in [2.75, 3.05) is 18.1 Å². The lowest BCUT2D eigenvalue weighted by Crippen LogP contribution is -1.85. The van der Waals surface area contributed by atoms with Crippen LogP contribution in [0.2, 0.25) is 0 Å². The first kappa shape index (κ1) is 11.5. The normalized spacial score (nSPS) is 11.1. The number of benzene rings is 1. The molecule has 0 bridgehead atoms. The predicted octanol–water partition coefficient (Wildman–Crippen LogP) is 2.06. The molecule has 16 heavy (non-hydrogen) atoms. The van der Waals surface area contributed by atoms with E-state index >= 15 is 0 Å². The van der Waals surface area contributed by atoms with Crippen molar-refractivity contribution >= 4 is 38.4 Å². The van der Waals surface area contributed by atoms with Gasteiger partial charge in [0.2, 0.25) is 0 Å². The summed E-state index contributed by atoms with van der Waals surface area (Å²) in [5.41, 5.74) is 6.15. The lowest BCUT2D eigenvalue weighted by atomic mass is 10.3. The van der Waals surface area contributed by atoms with Crippen molar-refractivity contribution in [1.82, 2.24) is 4.98 Å². The topological polar surface area (TPSA) is 79.4 Å². The van der Waals surface area contributed by atoms with Crippen molar-refractivity contribution in [2.24, 2.45) is 0 Å². The van der Waals surface area contributed by atoms with Crippen LogP contribution in [0.3, 0.4) is 0 Å². The number of phenolic OH excluding ortho intramolecular Hbond substituents is 1. The SMILES string of the molecule is Nc1nc2c(O)cc(SCCCO)cc2s1. The van der Waals surface area contributed by atoms with Crippen LogP contribution < -0.4 is 5.73 Å². The molecule has 2 aromatic rings. The first-order chi connectivity index (χ1) is 7.70. The maximum absolute atomic E-state index is 9.75. The van der Waals surface area contributed by atoms with Crippen molar-refractivity contribution < 1.29 is 10.2 Å². The fourth-order valence-corrected chi connectivity index (χ4v) is 3.12. The summed E-state index contributed by atoms with van der Waals surface area (Å²) in [4.78, 5) is 5.02. The Balaban J connectivity index is 2.27. The zero-order valence-corrected chi connectivity index (χ0v) is 10.1. The third-order valence-electron chi connectivity index (χ3n) is 2.04. The second kappa shape index (κ2) is 4.90. The van der Waals surface area contributed by atoms with Gasteiger partial charge in [-0.2, -0.15) is 0 Å². The van der Waals surface area contributed by atoms with E-state index in [-0.39, 0.29) is 12.4 Å². The quantitative estimate of drug-likeness (QED) is 0.576. The number of thioether (sulfide) groups is 1. The van der Waals surface area contributed by atoms with Crippen molar-refractivity contribution in [3.63, 3.8) is 0 Å². The molecule has 1 aromatic carbocycles. The van der Waals surface area contributed by atoms with Crippen molar-refractivity contribution in [1.29, 1.82) is 0 Å². The lowest BCUT2D eigenvalue weighted by Gasteiger charge is -2.01. The summed E-state index contributed by atoms with van der Waals surface area (Å²) >= 11 is 2.96. The van der Waals surface area contributed by atoms with Crippen LogP contribution >= 0.6 is 23.1 Å². The van der Waals surface area contributed by atoms with Crippen LogP contribution in [0, 0.1) is 0 Å². The van der Waals surface area contributed by atoms with Gasteiger partial charge < -0.3 is 15.9 Å². The summed E-state index contributed by atoms with van der Waals surface area (Å²) in [6, 6.07) is 3.65. The minimum atomic E-state index is 0.164. The van der Waals surface area contributed by atoms with Gasteiger partial charge in [-0.3, -0.25) is 0 Å². The molecular formula is C10H12N2O2S2. The fourth-order valence-electron chi connectivity index (χ4n) is 1.34. The van der Waals surface area contributed by atoms with E-state index < -0.39 is 0 Å². The van der Waals surface area contributed by atoms with Crippen LogP contribution in [0.4, 0.5) is 5.13 Å². The highest BCUT2D eigenvalue weighted by Gasteiger charge is 2.08. The fraction of sp³-hybridized carbons (Fsp3) is 0.300. The van der Waals surface area contributed by atoms with Crippen LogP contribution in [0.5, 0.6) is 5.75 Å². The second-order valence-corrected chi connectivity index (χ2v) is 5.50. The number of thiazole rings is 1. The minimum absolute atomic E-state index is 0.164. The maximum Gasteiger partial charge on any atom is 0.181 e. The first-order valence-electron chi connectivity index (χ1n) is 4.83. The second-order valence-electron chi connectivity index (χ2n) is 3.27. The van der Waals surface area contributed by atoms with Gasteiger partial charge in [-0.05, 0) is 18.6 Å². The molecule has 0 unspecified atom stereocenters. The van der Waals surface area contributed by atoms with Gasteiger partial charge in [0.05, 0.1) is 4.70 Å². The standard InChI is InChI=1S/C10H12N2O2S2/c11-10-12-9-7(14)4-6(5-8(9)16-10)15-3-1-2-13/h4-5,13-14H,1-3H2,(H2,11,12). The van der Waals surface area contributed by atoms with Gasteiger partial charge in [-0.15, -0.1) is 11.8 Å². The summed E-state index contributed by atoms with van der Waals surface area (Å²) in [5.74, 6) is 0.993. The molecule has 1 heterocycles. The molecule has 0 atom stereocenters. The van der Waals surface area contributed by atoms with Crippen LogP contribution in [-0.4, -0.2) is 27.6 Å². The van der Waals surface area contributed by atoms with Crippen molar-refractivity contribution in [2.45, 2.75) is 11.3 Å². The van der Waals surface area contributed by atoms with Gasteiger partial charge in [-0.1, -0.05) is 11.3 Å². The molecule has 0 aliphatic heterocycles. The van der Waals surface area contributed by atoms with Gasteiger partial charge >= 0.3 is 0 Å². The number of aliphatic hydroxyl groups excluding tert-OH is 1. The largest absolute Gasteiger partial charge is 0.506 e. The number of rotatable bonds is 4. The number of nitrogens with two attached hydrogens (primary N) is 1. The zero-order valence-electron chi connectivity index (χ0n) is 8.51. The van der Waals surface area contributed by atoms with E-state index in [1.54, 1.807) is 17.8 Å². The number of nitrogen functional groups attached to an aromatic ring is 1. The average molecular weight is 256 g/mol. The number of phenols is 1. The number of fused-ring (bicyclic) bond motifs is 1. The van der Waals surface area contributed by atoms with E-state index in [9.17, 15) is 5.11 Å². The van der Waals surface area contributed by atoms with Crippen LogP contribution in [0.1, 0.15) is 6.42 Å². The molecule has 0 fully saturated rings. The molecular weight excluding hydrogens is 244 g/mol. The highest BCUT2D eigenvalue weighted by atomic mass is 32.2. The minimum Gasteiger partial charge on any atom is -0.506 e. The Hall–Kier alpha value is -0.980. The van der Waals surface area contributed by atoms with Gasteiger partial charge in [0, 0.05) is 17.3 Å². The number of aromatic nitrogens is 1. The molecule has 4 nitrogen and oxygen atoms in total. The van der Waals surface area contributed by atoms with Gasteiger partial charge in [0.25, 0.3) is 0 Å². The molecule has 0 radical (unpaired) electrons.